The van der Waals surface area contributed by atoms with Gasteiger partial charge in [-0.05, 0) is 60.6 Å². The van der Waals surface area contributed by atoms with Gasteiger partial charge >= 0.3 is 0 Å². The van der Waals surface area contributed by atoms with Crippen LogP contribution in [0.1, 0.15) is 37.3 Å². The number of ketones is 1. The van der Waals surface area contributed by atoms with Crippen molar-refractivity contribution in [3.8, 4) is 5.75 Å². The van der Waals surface area contributed by atoms with Gasteiger partial charge in [-0.15, -0.1) is 0 Å². The van der Waals surface area contributed by atoms with Gasteiger partial charge in [-0.3, -0.25) is 8.98 Å². The molecule has 0 N–H and O–H groups in total. The van der Waals surface area contributed by atoms with Gasteiger partial charge in [-0.2, -0.15) is 8.42 Å². The summed E-state index contributed by atoms with van der Waals surface area (Å²) in [6, 6.07) is 5.92. The predicted octanol–water partition coefficient (Wildman–Crippen LogP) is 2.74. The Labute approximate surface area is 142 Å². The van der Waals surface area contributed by atoms with E-state index in [4.69, 9.17) is 8.92 Å². The molecular weight excluding hydrogens is 328 g/mol. The van der Waals surface area contributed by atoms with Gasteiger partial charge in [0.15, 0.2) is 5.78 Å². The number of methoxy groups -OCH3 is 1. The number of rotatable bonds is 5. The monoisotopic (exact) mass is 350 g/mol. The summed E-state index contributed by atoms with van der Waals surface area (Å²) in [5, 5.41) is 0. The smallest absolute Gasteiger partial charge is 0.264 e. The Morgan fingerprint density at radius 1 is 1.29 bits per heavy atom. The largest absolute Gasteiger partial charge is 0.497 e. The number of carbonyl (C=O) groups is 1. The molecule has 24 heavy (non-hydrogen) atoms. The predicted molar refractivity (Wildman–Crippen MR) is 91.4 cm³/mol. The van der Waals surface area contributed by atoms with Crippen molar-refractivity contribution in [2.75, 3.05) is 20.0 Å². The van der Waals surface area contributed by atoms with E-state index in [1.54, 1.807) is 7.11 Å². The molecule has 2 aliphatic carbocycles. The molecule has 0 heterocycles. The number of allylic oxidation sites excluding steroid dienone is 2. The Morgan fingerprint density at radius 3 is 2.71 bits per heavy atom. The third-order valence-electron chi connectivity index (χ3n) is 5.14. The molecule has 0 bridgehead atoms. The second-order valence-electron chi connectivity index (χ2n) is 6.68. The van der Waals surface area contributed by atoms with E-state index in [1.165, 1.54) is 0 Å². The van der Waals surface area contributed by atoms with E-state index in [-0.39, 0.29) is 17.8 Å². The van der Waals surface area contributed by atoms with Crippen molar-refractivity contribution in [3.63, 3.8) is 0 Å². The lowest BCUT2D eigenvalue weighted by Gasteiger charge is -2.35. The van der Waals surface area contributed by atoms with Gasteiger partial charge in [0, 0.05) is 11.8 Å². The highest BCUT2D eigenvalue weighted by atomic mass is 32.2. The molecule has 0 radical (unpaired) electrons. The van der Waals surface area contributed by atoms with Crippen molar-refractivity contribution in [2.45, 2.75) is 32.6 Å². The third-order valence-corrected chi connectivity index (χ3v) is 5.74. The maximum atomic E-state index is 12.2. The molecule has 2 aliphatic rings. The Hall–Kier alpha value is -1.66. The van der Waals surface area contributed by atoms with Crippen molar-refractivity contribution in [1.29, 1.82) is 0 Å². The van der Waals surface area contributed by atoms with Gasteiger partial charge < -0.3 is 4.74 Å². The van der Waals surface area contributed by atoms with Crippen LogP contribution in [0.2, 0.25) is 0 Å². The van der Waals surface area contributed by atoms with Gasteiger partial charge in [0.1, 0.15) is 5.75 Å². The topological polar surface area (TPSA) is 69.7 Å². The fourth-order valence-electron chi connectivity index (χ4n) is 4.05. The number of Topliss-reactive ketones (excluding diaryl/α,β-unsaturated/α-hetero) is 1. The van der Waals surface area contributed by atoms with Crippen LogP contribution in [0.3, 0.4) is 0 Å². The Morgan fingerprint density at radius 2 is 2.04 bits per heavy atom. The normalized spacial score (nSPS) is 23.2. The van der Waals surface area contributed by atoms with E-state index in [9.17, 15) is 13.2 Å². The highest BCUT2D eigenvalue weighted by molar-refractivity contribution is 7.85. The number of ether oxygens (including phenoxy) is 1. The molecule has 6 heteroatoms. The van der Waals surface area contributed by atoms with Crippen LogP contribution < -0.4 is 4.74 Å². The quantitative estimate of drug-likeness (QED) is 0.764. The molecule has 0 spiro atoms. The maximum Gasteiger partial charge on any atom is 0.264 e. The van der Waals surface area contributed by atoms with Gasteiger partial charge in [-0.25, -0.2) is 0 Å². The second kappa shape index (κ2) is 6.01. The third kappa shape index (κ3) is 3.00. The fourth-order valence-corrected chi connectivity index (χ4v) is 4.43. The van der Waals surface area contributed by atoms with Gasteiger partial charge in [0.2, 0.25) is 0 Å². The zero-order valence-electron chi connectivity index (χ0n) is 14.2. The lowest BCUT2D eigenvalue weighted by atomic mass is 9.68. The van der Waals surface area contributed by atoms with Crippen molar-refractivity contribution < 1.29 is 22.1 Å². The maximum absolute atomic E-state index is 12.2. The SMILES string of the molecule is COc1ccc2c(c1)CC1(CCOS(C)(=O)=O)CCC(=O)C(C)=C21. The van der Waals surface area contributed by atoms with E-state index in [0.29, 0.717) is 12.8 Å². The van der Waals surface area contributed by atoms with Crippen LogP contribution in [-0.4, -0.2) is 34.2 Å². The molecule has 0 fully saturated rings. The van der Waals surface area contributed by atoms with Crippen LogP contribution in [-0.2, 0) is 25.5 Å². The second-order valence-corrected chi connectivity index (χ2v) is 8.32. The van der Waals surface area contributed by atoms with Crippen LogP contribution in [0.15, 0.2) is 23.8 Å². The minimum atomic E-state index is -3.46. The molecule has 1 unspecified atom stereocenters. The standard InChI is InChI=1S/C18H22O5S/c1-12-16(19)6-7-18(8-9-23-24(3,20)21)11-13-10-14(22-2)4-5-15(13)17(12)18/h4-5,10H,6-9,11H2,1-3H3. The van der Waals surface area contributed by atoms with Crippen molar-refractivity contribution in [2.24, 2.45) is 5.41 Å². The van der Waals surface area contributed by atoms with Crippen LogP contribution in [0.4, 0.5) is 0 Å². The molecule has 0 aromatic heterocycles. The van der Waals surface area contributed by atoms with Crippen LogP contribution in [0.5, 0.6) is 5.75 Å². The molecular formula is C18H22O5S. The minimum Gasteiger partial charge on any atom is -0.497 e. The molecule has 5 nitrogen and oxygen atoms in total. The van der Waals surface area contributed by atoms with Gasteiger partial charge in [-0.1, -0.05) is 6.07 Å². The van der Waals surface area contributed by atoms with E-state index in [0.717, 1.165) is 47.1 Å². The fraction of sp³-hybridized carbons (Fsp3) is 0.500. The average molecular weight is 350 g/mol. The van der Waals surface area contributed by atoms with E-state index >= 15 is 0 Å². The summed E-state index contributed by atoms with van der Waals surface area (Å²) in [7, 11) is -1.83. The Bertz CT molecular complexity index is 822. The molecule has 1 aromatic rings. The Kier molecular flexibility index (Phi) is 4.30. The molecule has 0 saturated heterocycles. The molecule has 0 amide bonds. The van der Waals surface area contributed by atoms with Crippen molar-refractivity contribution >= 4 is 21.5 Å². The molecule has 1 atom stereocenters. The zero-order chi connectivity index (χ0) is 17.5. The number of carbonyl (C=O) groups excluding carboxylic acids is 1. The summed E-state index contributed by atoms with van der Waals surface area (Å²) in [5.41, 5.74) is 3.87. The first-order chi connectivity index (χ1) is 11.3. The summed E-state index contributed by atoms with van der Waals surface area (Å²) in [6.45, 7) is 2.01. The van der Waals surface area contributed by atoms with Crippen molar-refractivity contribution in [1.82, 2.24) is 0 Å². The highest BCUT2D eigenvalue weighted by Gasteiger charge is 2.46. The summed E-state index contributed by atoms with van der Waals surface area (Å²) in [4.78, 5) is 12.2. The first-order valence-corrected chi connectivity index (χ1v) is 9.84. The van der Waals surface area contributed by atoms with Crippen LogP contribution in [0.25, 0.3) is 5.57 Å². The molecule has 0 saturated carbocycles. The molecule has 0 aliphatic heterocycles. The first-order valence-electron chi connectivity index (χ1n) is 8.02. The van der Waals surface area contributed by atoms with Crippen LogP contribution >= 0.6 is 0 Å². The number of fused-ring (bicyclic) bond motifs is 3. The number of hydrogen-bond donors (Lipinski definition) is 0. The van der Waals surface area contributed by atoms with E-state index < -0.39 is 10.1 Å². The molecule has 1 aromatic carbocycles. The zero-order valence-corrected chi connectivity index (χ0v) is 15.0. The number of hydrogen-bond acceptors (Lipinski definition) is 5. The van der Waals surface area contributed by atoms with Gasteiger partial charge in [0.25, 0.3) is 10.1 Å². The lowest BCUT2D eigenvalue weighted by Crippen LogP contribution is -2.29. The van der Waals surface area contributed by atoms with E-state index in [2.05, 4.69) is 0 Å². The van der Waals surface area contributed by atoms with E-state index in [1.807, 2.05) is 25.1 Å². The molecule has 3 rings (SSSR count). The highest BCUT2D eigenvalue weighted by Crippen LogP contribution is 2.56. The lowest BCUT2D eigenvalue weighted by molar-refractivity contribution is -0.116. The molecule has 130 valence electrons. The number of benzene rings is 1. The van der Waals surface area contributed by atoms with Crippen LogP contribution in [0, 0.1) is 5.41 Å². The first kappa shape index (κ1) is 17.2. The van der Waals surface area contributed by atoms with Crippen molar-refractivity contribution in [3.05, 3.63) is 34.9 Å². The summed E-state index contributed by atoms with van der Waals surface area (Å²) < 4.78 is 32.8. The van der Waals surface area contributed by atoms with Gasteiger partial charge in [0.05, 0.1) is 20.0 Å². The summed E-state index contributed by atoms with van der Waals surface area (Å²) >= 11 is 0. The summed E-state index contributed by atoms with van der Waals surface area (Å²) in [6.07, 6.45) is 3.65. The summed E-state index contributed by atoms with van der Waals surface area (Å²) in [5.74, 6) is 0.966. The average Bonchev–Trinajstić information content (AvgIpc) is 2.83. The minimum absolute atomic E-state index is 0.134. The Balaban J connectivity index is 2.00.